The number of aryl methyl sites for hydroxylation is 1. The van der Waals surface area contributed by atoms with Crippen molar-refractivity contribution in [3.8, 4) is 0 Å². The standard InChI is InChI=1S/C10H17N3O.C7H13NO2/c1-4-5-13-7-9(6-11-13)12-10(14)8(2)3;1-5(2)7(10)8-3-6(9)4-8/h6-8H,4-5H2,1-3H3,(H,12,14);5-6,9H,3-4H2,1-2H3. The highest BCUT2D eigenvalue weighted by Crippen LogP contribution is 2.11. The Labute approximate surface area is 144 Å². The van der Waals surface area contributed by atoms with Crippen LogP contribution in [0.25, 0.3) is 0 Å². The molecule has 2 heterocycles. The molecule has 1 fully saturated rings. The maximum Gasteiger partial charge on any atom is 0.227 e. The molecule has 1 aliphatic rings. The first-order valence-corrected chi connectivity index (χ1v) is 8.54. The molecule has 2 N–H and O–H groups in total. The monoisotopic (exact) mass is 338 g/mol. The number of amides is 2. The van der Waals surface area contributed by atoms with E-state index in [0.717, 1.165) is 18.7 Å². The van der Waals surface area contributed by atoms with Crippen LogP contribution in [0, 0.1) is 11.8 Å². The maximum absolute atomic E-state index is 11.3. The summed E-state index contributed by atoms with van der Waals surface area (Å²) >= 11 is 0. The van der Waals surface area contributed by atoms with Crippen LogP contribution >= 0.6 is 0 Å². The van der Waals surface area contributed by atoms with Crippen molar-refractivity contribution < 1.29 is 14.7 Å². The van der Waals surface area contributed by atoms with Crippen LogP contribution in [0.4, 0.5) is 5.69 Å². The molecule has 0 bridgehead atoms. The van der Waals surface area contributed by atoms with E-state index >= 15 is 0 Å². The zero-order chi connectivity index (χ0) is 18.3. The number of aliphatic hydroxyl groups excluding tert-OH is 1. The molecular formula is C17H30N4O3. The van der Waals surface area contributed by atoms with Gasteiger partial charge in [0.1, 0.15) is 0 Å². The minimum absolute atomic E-state index is 0.00419. The molecule has 7 heteroatoms. The van der Waals surface area contributed by atoms with Gasteiger partial charge in [-0.05, 0) is 6.42 Å². The number of β-amino-alcohol motifs (C(OH)–C–C–N with tert-alkyl or cyclic N) is 1. The average Bonchev–Trinajstić information content (AvgIpc) is 2.91. The predicted octanol–water partition coefficient (Wildman–Crippen LogP) is 1.73. The van der Waals surface area contributed by atoms with Gasteiger partial charge >= 0.3 is 0 Å². The van der Waals surface area contributed by atoms with E-state index in [1.165, 1.54) is 0 Å². The Balaban J connectivity index is 0.000000254. The van der Waals surface area contributed by atoms with Crippen molar-refractivity contribution >= 4 is 17.5 Å². The number of rotatable bonds is 5. The van der Waals surface area contributed by atoms with E-state index in [1.807, 2.05) is 38.6 Å². The third-order valence-corrected chi connectivity index (χ3v) is 3.55. The minimum atomic E-state index is -0.275. The second-order valence-corrected chi connectivity index (χ2v) is 6.69. The normalized spacial score (nSPS) is 14.2. The summed E-state index contributed by atoms with van der Waals surface area (Å²) in [7, 11) is 0. The zero-order valence-corrected chi connectivity index (χ0v) is 15.3. The third kappa shape index (κ3) is 6.31. The number of anilines is 1. The lowest BCUT2D eigenvalue weighted by Gasteiger charge is -2.36. The SMILES string of the molecule is CC(C)C(=O)N1CC(O)C1.CCCn1cc(NC(=O)C(C)C)cn1. The second-order valence-electron chi connectivity index (χ2n) is 6.69. The second kappa shape index (κ2) is 9.42. The molecule has 0 radical (unpaired) electrons. The highest BCUT2D eigenvalue weighted by atomic mass is 16.3. The number of carbonyl (C=O) groups excluding carboxylic acids is 2. The van der Waals surface area contributed by atoms with E-state index in [2.05, 4.69) is 17.3 Å². The Hall–Kier alpha value is -1.89. The lowest BCUT2D eigenvalue weighted by molar-refractivity contribution is -0.144. The van der Waals surface area contributed by atoms with Crippen molar-refractivity contribution in [1.29, 1.82) is 0 Å². The molecule has 0 unspecified atom stereocenters. The summed E-state index contributed by atoms with van der Waals surface area (Å²) in [5.41, 5.74) is 0.775. The smallest absolute Gasteiger partial charge is 0.227 e. The van der Waals surface area contributed by atoms with E-state index in [-0.39, 0.29) is 29.8 Å². The van der Waals surface area contributed by atoms with Crippen LogP contribution in [-0.4, -0.2) is 50.8 Å². The Morgan fingerprint density at radius 3 is 2.38 bits per heavy atom. The summed E-state index contributed by atoms with van der Waals surface area (Å²) in [4.78, 5) is 24.1. The number of likely N-dealkylation sites (tertiary alicyclic amines) is 1. The van der Waals surface area contributed by atoms with Gasteiger partial charge in [0.25, 0.3) is 0 Å². The van der Waals surface area contributed by atoms with E-state index in [4.69, 9.17) is 5.11 Å². The highest BCUT2D eigenvalue weighted by Gasteiger charge is 2.29. The van der Waals surface area contributed by atoms with Gasteiger partial charge in [0.2, 0.25) is 11.8 Å². The molecule has 0 saturated carbocycles. The van der Waals surface area contributed by atoms with E-state index < -0.39 is 0 Å². The Bertz CT molecular complexity index is 534. The number of nitrogens with one attached hydrogen (secondary N) is 1. The third-order valence-electron chi connectivity index (χ3n) is 3.55. The van der Waals surface area contributed by atoms with E-state index in [0.29, 0.717) is 13.1 Å². The van der Waals surface area contributed by atoms with Crippen molar-refractivity contribution in [2.45, 2.75) is 53.7 Å². The molecule has 1 aliphatic heterocycles. The lowest BCUT2D eigenvalue weighted by atomic mass is 10.1. The van der Waals surface area contributed by atoms with Gasteiger partial charge in [-0.3, -0.25) is 14.3 Å². The Kier molecular flexibility index (Phi) is 7.91. The fraction of sp³-hybridized carbons (Fsp3) is 0.706. The number of hydrogen-bond acceptors (Lipinski definition) is 4. The van der Waals surface area contributed by atoms with Gasteiger partial charge < -0.3 is 15.3 Å². The topological polar surface area (TPSA) is 87.5 Å². The van der Waals surface area contributed by atoms with Gasteiger partial charge in [0, 0.05) is 37.7 Å². The average molecular weight is 338 g/mol. The molecule has 1 aromatic heterocycles. The Morgan fingerprint density at radius 2 is 1.92 bits per heavy atom. The van der Waals surface area contributed by atoms with Crippen molar-refractivity contribution in [2.75, 3.05) is 18.4 Å². The van der Waals surface area contributed by atoms with Crippen LogP contribution in [-0.2, 0) is 16.1 Å². The lowest BCUT2D eigenvalue weighted by Crippen LogP contribution is -2.54. The van der Waals surface area contributed by atoms with Crippen LogP contribution in [0.2, 0.25) is 0 Å². The minimum Gasteiger partial charge on any atom is -0.389 e. The summed E-state index contributed by atoms with van der Waals surface area (Å²) < 4.78 is 1.83. The molecule has 136 valence electrons. The van der Waals surface area contributed by atoms with Crippen LogP contribution in [0.1, 0.15) is 41.0 Å². The predicted molar refractivity (Wildman–Crippen MR) is 93.4 cm³/mol. The van der Waals surface area contributed by atoms with Gasteiger partial charge in [-0.1, -0.05) is 34.6 Å². The van der Waals surface area contributed by atoms with Gasteiger partial charge in [-0.25, -0.2) is 0 Å². The maximum atomic E-state index is 11.3. The molecule has 0 aromatic carbocycles. The van der Waals surface area contributed by atoms with Gasteiger partial charge in [-0.2, -0.15) is 5.10 Å². The molecule has 0 aliphatic carbocycles. The molecule has 24 heavy (non-hydrogen) atoms. The number of aliphatic hydroxyl groups is 1. The molecule has 7 nitrogen and oxygen atoms in total. The zero-order valence-electron chi connectivity index (χ0n) is 15.3. The van der Waals surface area contributed by atoms with Crippen LogP contribution in [0.15, 0.2) is 12.4 Å². The van der Waals surface area contributed by atoms with Crippen molar-refractivity contribution in [3.05, 3.63) is 12.4 Å². The molecule has 1 aromatic rings. The number of hydrogen-bond donors (Lipinski definition) is 2. The molecule has 0 atom stereocenters. The van der Waals surface area contributed by atoms with Gasteiger partial charge in [0.15, 0.2) is 0 Å². The first kappa shape index (κ1) is 20.2. The highest BCUT2D eigenvalue weighted by molar-refractivity contribution is 5.91. The van der Waals surface area contributed by atoms with Gasteiger partial charge in [0.05, 0.1) is 18.0 Å². The largest absolute Gasteiger partial charge is 0.389 e. The molecule has 0 spiro atoms. The van der Waals surface area contributed by atoms with Crippen LogP contribution in [0.3, 0.4) is 0 Å². The fourth-order valence-corrected chi connectivity index (χ4v) is 2.07. The van der Waals surface area contributed by atoms with Gasteiger partial charge in [-0.15, -0.1) is 0 Å². The summed E-state index contributed by atoms with van der Waals surface area (Å²) in [6, 6.07) is 0. The van der Waals surface area contributed by atoms with Crippen molar-refractivity contribution in [2.24, 2.45) is 11.8 Å². The Morgan fingerprint density at radius 1 is 1.29 bits per heavy atom. The summed E-state index contributed by atoms with van der Waals surface area (Å²) in [6.45, 7) is 11.5. The quantitative estimate of drug-likeness (QED) is 0.856. The molecule has 2 rings (SSSR count). The first-order valence-electron chi connectivity index (χ1n) is 8.54. The molecular weight excluding hydrogens is 308 g/mol. The summed E-state index contributed by atoms with van der Waals surface area (Å²) in [5, 5.41) is 15.8. The number of carbonyl (C=O) groups is 2. The van der Waals surface area contributed by atoms with Crippen LogP contribution in [0.5, 0.6) is 0 Å². The summed E-state index contributed by atoms with van der Waals surface area (Å²) in [5.74, 6) is 0.239. The molecule has 1 saturated heterocycles. The van der Waals surface area contributed by atoms with E-state index in [9.17, 15) is 9.59 Å². The van der Waals surface area contributed by atoms with Crippen LogP contribution < -0.4 is 5.32 Å². The first-order chi connectivity index (χ1) is 11.2. The molecule has 2 amide bonds. The van der Waals surface area contributed by atoms with Crippen molar-refractivity contribution in [3.63, 3.8) is 0 Å². The number of aromatic nitrogens is 2. The fourth-order valence-electron chi connectivity index (χ4n) is 2.07. The van der Waals surface area contributed by atoms with E-state index in [1.54, 1.807) is 11.1 Å². The number of nitrogens with zero attached hydrogens (tertiary/aromatic N) is 3. The summed E-state index contributed by atoms with van der Waals surface area (Å²) in [6.07, 6.45) is 4.29. The van der Waals surface area contributed by atoms with Crippen molar-refractivity contribution in [1.82, 2.24) is 14.7 Å².